The number of aromatic amines is 1. The normalized spacial score (nSPS) is 17.1. The molecule has 1 saturated heterocycles. The summed E-state index contributed by atoms with van der Waals surface area (Å²) in [5.74, 6) is 0.763. The second-order valence-corrected chi connectivity index (χ2v) is 8.00. The topological polar surface area (TPSA) is 61.9 Å². The number of hydrogen-bond donors (Lipinski definition) is 1. The predicted molar refractivity (Wildman–Crippen MR) is 106 cm³/mol. The molecule has 4 aromatic rings. The quantitative estimate of drug-likeness (QED) is 0.550. The van der Waals surface area contributed by atoms with Crippen LogP contribution in [0.5, 0.6) is 0 Å². The number of thiazole rings is 1. The van der Waals surface area contributed by atoms with E-state index in [2.05, 4.69) is 15.0 Å². The molecule has 134 valence electrons. The van der Waals surface area contributed by atoms with Crippen LogP contribution in [-0.2, 0) is 4.79 Å². The number of thioether (sulfide) groups is 1. The molecule has 1 aliphatic heterocycles. The number of carbonyl (C=O) groups excluding carboxylic acids is 1. The molecule has 0 aliphatic carbocycles. The van der Waals surface area contributed by atoms with Crippen LogP contribution < -0.4 is 4.90 Å². The number of nitrogens with one attached hydrogen (secondary N) is 1. The summed E-state index contributed by atoms with van der Waals surface area (Å²) in [6, 6.07) is 14.0. The van der Waals surface area contributed by atoms with E-state index in [0.717, 1.165) is 16.6 Å². The Labute approximate surface area is 162 Å². The van der Waals surface area contributed by atoms with Gasteiger partial charge in [0.25, 0.3) is 0 Å². The number of amides is 1. The van der Waals surface area contributed by atoms with Gasteiger partial charge in [-0.15, -0.1) is 23.1 Å². The molecular weight excluding hydrogens is 383 g/mol. The van der Waals surface area contributed by atoms with Gasteiger partial charge < -0.3 is 4.98 Å². The Bertz CT molecular complexity index is 1110. The standard InChI is InChI=1S/C19H13FN4OS2/c20-12-7-5-11(6-8-12)18-24(16(25)10-26-18)19-23-15(9-27-19)17-21-13-3-1-2-4-14(13)22-17/h1-9,18H,10H2,(H,21,22). The Kier molecular flexibility index (Phi) is 3.95. The molecule has 0 bridgehead atoms. The Morgan fingerprint density at radius 1 is 1.11 bits per heavy atom. The Morgan fingerprint density at radius 3 is 2.74 bits per heavy atom. The van der Waals surface area contributed by atoms with Crippen molar-refractivity contribution in [1.29, 1.82) is 0 Å². The number of fused-ring (bicyclic) bond motifs is 1. The second-order valence-electron chi connectivity index (χ2n) is 6.10. The fourth-order valence-corrected chi connectivity index (χ4v) is 5.14. The zero-order chi connectivity index (χ0) is 18.4. The SMILES string of the molecule is O=C1CSC(c2ccc(F)cc2)N1c1nc(-c2nc3ccccc3[nH]2)cs1. The number of benzene rings is 2. The molecule has 2 aromatic carbocycles. The first kappa shape index (κ1) is 16.5. The minimum absolute atomic E-state index is 0.000156. The molecule has 2 aromatic heterocycles. The molecule has 1 aliphatic rings. The van der Waals surface area contributed by atoms with Crippen LogP contribution >= 0.6 is 23.1 Å². The minimum atomic E-state index is -0.291. The molecule has 27 heavy (non-hydrogen) atoms. The summed E-state index contributed by atoms with van der Waals surface area (Å²) in [5.41, 5.74) is 3.40. The average Bonchev–Trinajstić information content (AvgIpc) is 3.39. The van der Waals surface area contributed by atoms with E-state index >= 15 is 0 Å². The molecule has 0 radical (unpaired) electrons. The lowest BCUT2D eigenvalue weighted by molar-refractivity contribution is -0.115. The highest BCUT2D eigenvalue weighted by Crippen LogP contribution is 2.43. The van der Waals surface area contributed by atoms with Crippen molar-refractivity contribution < 1.29 is 9.18 Å². The van der Waals surface area contributed by atoms with Gasteiger partial charge in [0.2, 0.25) is 5.91 Å². The van der Waals surface area contributed by atoms with Crippen LogP contribution in [0, 0.1) is 5.82 Å². The van der Waals surface area contributed by atoms with E-state index in [-0.39, 0.29) is 17.1 Å². The van der Waals surface area contributed by atoms with Crippen LogP contribution in [0.3, 0.4) is 0 Å². The van der Waals surface area contributed by atoms with E-state index in [1.165, 1.54) is 35.2 Å². The van der Waals surface area contributed by atoms with Crippen molar-refractivity contribution in [3.63, 3.8) is 0 Å². The number of hydrogen-bond acceptors (Lipinski definition) is 5. The molecule has 1 unspecified atom stereocenters. The van der Waals surface area contributed by atoms with Gasteiger partial charge in [0.1, 0.15) is 16.9 Å². The summed E-state index contributed by atoms with van der Waals surface area (Å²) in [4.78, 5) is 26.6. The molecule has 1 atom stereocenters. The third kappa shape index (κ3) is 2.90. The lowest BCUT2D eigenvalue weighted by atomic mass is 10.2. The maximum atomic E-state index is 13.2. The minimum Gasteiger partial charge on any atom is -0.337 e. The van der Waals surface area contributed by atoms with E-state index in [0.29, 0.717) is 22.4 Å². The molecule has 0 spiro atoms. The zero-order valence-electron chi connectivity index (χ0n) is 13.9. The van der Waals surface area contributed by atoms with Gasteiger partial charge in [0.15, 0.2) is 11.0 Å². The fraction of sp³-hybridized carbons (Fsp3) is 0.105. The number of rotatable bonds is 3. The first-order valence-electron chi connectivity index (χ1n) is 8.29. The lowest BCUT2D eigenvalue weighted by Gasteiger charge is -2.21. The first-order chi connectivity index (χ1) is 13.2. The average molecular weight is 396 g/mol. The molecular formula is C19H13FN4OS2. The highest BCUT2D eigenvalue weighted by Gasteiger charge is 2.36. The van der Waals surface area contributed by atoms with Gasteiger partial charge in [-0.05, 0) is 29.8 Å². The van der Waals surface area contributed by atoms with Crippen molar-refractivity contribution in [2.45, 2.75) is 5.37 Å². The summed E-state index contributed by atoms with van der Waals surface area (Å²) < 4.78 is 13.2. The van der Waals surface area contributed by atoms with Crippen molar-refractivity contribution >= 4 is 45.2 Å². The van der Waals surface area contributed by atoms with Gasteiger partial charge >= 0.3 is 0 Å². The molecule has 1 fully saturated rings. The van der Waals surface area contributed by atoms with Crippen LogP contribution in [0.1, 0.15) is 10.9 Å². The summed E-state index contributed by atoms with van der Waals surface area (Å²) >= 11 is 2.92. The van der Waals surface area contributed by atoms with E-state index in [1.54, 1.807) is 17.0 Å². The van der Waals surface area contributed by atoms with E-state index in [4.69, 9.17) is 0 Å². The highest BCUT2D eigenvalue weighted by molar-refractivity contribution is 8.00. The third-order valence-corrected chi connectivity index (χ3v) is 6.41. The van der Waals surface area contributed by atoms with E-state index in [9.17, 15) is 9.18 Å². The predicted octanol–water partition coefficient (Wildman–Crippen LogP) is 4.60. The smallest absolute Gasteiger partial charge is 0.240 e. The molecule has 0 saturated carbocycles. The largest absolute Gasteiger partial charge is 0.337 e. The fourth-order valence-electron chi connectivity index (χ4n) is 3.06. The van der Waals surface area contributed by atoms with Crippen molar-refractivity contribution in [3.8, 4) is 11.5 Å². The Hall–Kier alpha value is -2.71. The van der Waals surface area contributed by atoms with Crippen molar-refractivity contribution in [2.24, 2.45) is 0 Å². The maximum Gasteiger partial charge on any atom is 0.240 e. The zero-order valence-corrected chi connectivity index (χ0v) is 15.6. The van der Waals surface area contributed by atoms with Crippen LogP contribution in [0.2, 0.25) is 0 Å². The molecule has 1 amide bonds. The monoisotopic (exact) mass is 396 g/mol. The Balaban J connectivity index is 1.50. The number of aromatic nitrogens is 3. The van der Waals surface area contributed by atoms with Gasteiger partial charge in [-0.3, -0.25) is 9.69 Å². The number of carbonyl (C=O) groups is 1. The van der Waals surface area contributed by atoms with Crippen LogP contribution in [0.4, 0.5) is 9.52 Å². The van der Waals surface area contributed by atoms with Crippen LogP contribution in [0.25, 0.3) is 22.6 Å². The first-order valence-corrected chi connectivity index (χ1v) is 10.2. The highest BCUT2D eigenvalue weighted by atomic mass is 32.2. The van der Waals surface area contributed by atoms with Crippen LogP contribution in [0.15, 0.2) is 53.9 Å². The molecule has 1 N–H and O–H groups in total. The molecule has 3 heterocycles. The van der Waals surface area contributed by atoms with Gasteiger partial charge in [-0.1, -0.05) is 24.3 Å². The van der Waals surface area contributed by atoms with Gasteiger partial charge in [0.05, 0.1) is 16.8 Å². The lowest BCUT2D eigenvalue weighted by Crippen LogP contribution is -2.27. The number of H-pyrrole nitrogens is 1. The third-order valence-electron chi connectivity index (χ3n) is 4.35. The van der Waals surface area contributed by atoms with Gasteiger partial charge in [-0.2, -0.15) is 0 Å². The Morgan fingerprint density at radius 2 is 1.93 bits per heavy atom. The number of anilines is 1. The summed E-state index contributed by atoms with van der Waals surface area (Å²) in [5, 5.41) is 2.31. The van der Waals surface area contributed by atoms with Crippen molar-refractivity contribution in [2.75, 3.05) is 10.7 Å². The second kappa shape index (κ2) is 6.47. The van der Waals surface area contributed by atoms with E-state index < -0.39 is 0 Å². The number of para-hydroxylation sites is 2. The van der Waals surface area contributed by atoms with Crippen molar-refractivity contribution in [1.82, 2.24) is 15.0 Å². The number of imidazole rings is 1. The summed E-state index contributed by atoms with van der Waals surface area (Å²) in [7, 11) is 0. The molecule has 5 rings (SSSR count). The van der Waals surface area contributed by atoms with Crippen molar-refractivity contribution in [3.05, 3.63) is 65.3 Å². The number of halogens is 1. The van der Waals surface area contributed by atoms with Crippen LogP contribution in [-0.4, -0.2) is 26.6 Å². The van der Waals surface area contributed by atoms with Gasteiger partial charge in [0, 0.05) is 5.38 Å². The summed E-state index contributed by atoms with van der Waals surface area (Å²) in [6.45, 7) is 0. The number of nitrogens with zero attached hydrogens (tertiary/aromatic N) is 3. The van der Waals surface area contributed by atoms with Gasteiger partial charge in [-0.25, -0.2) is 14.4 Å². The van der Waals surface area contributed by atoms with E-state index in [1.807, 2.05) is 29.6 Å². The summed E-state index contributed by atoms with van der Waals surface area (Å²) in [6.07, 6.45) is 0. The molecule has 5 nitrogen and oxygen atoms in total. The maximum absolute atomic E-state index is 13.2. The molecule has 8 heteroatoms.